The summed E-state index contributed by atoms with van der Waals surface area (Å²) in [5.41, 5.74) is 1.02. The van der Waals surface area contributed by atoms with Crippen molar-refractivity contribution in [1.82, 2.24) is 5.32 Å². The number of nitrogens with one attached hydrogen (secondary N) is 1. The first-order chi connectivity index (χ1) is 9.33. The fourth-order valence-corrected chi connectivity index (χ4v) is 1.60. The maximum absolute atomic E-state index is 11.5. The first-order valence-electron chi connectivity index (χ1n) is 6.91. The summed E-state index contributed by atoms with van der Waals surface area (Å²) in [6, 6.07) is 9.76. The normalized spacial score (nSPS) is 10.8. The lowest BCUT2D eigenvalue weighted by Gasteiger charge is -2.04. The Balaban J connectivity index is 2.07. The van der Waals surface area contributed by atoms with Gasteiger partial charge in [0.15, 0.2) is 0 Å². The summed E-state index contributed by atoms with van der Waals surface area (Å²) in [7, 11) is 0. The van der Waals surface area contributed by atoms with Crippen molar-refractivity contribution in [3.63, 3.8) is 0 Å². The smallest absolute Gasteiger partial charge is 0.244 e. The molecule has 0 aliphatic rings. The molecule has 0 atom stereocenters. The average molecular weight is 261 g/mol. The molecule has 0 aliphatic carbocycles. The number of rotatable bonds is 9. The Morgan fingerprint density at radius 3 is 2.74 bits per heavy atom. The first-order valence-corrected chi connectivity index (χ1v) is 6.91. The molecule has 1 N–H and O–H groups in total. The van der Waals surface area contributed by atoms with Gasteiger partial charge in [-0.2, -0.15) is 0 Å². The molecule has 0 aromatic heterocycles. The van der Waals surface area contributed by atoms with E-state index in [1.54, 1.807) is 12.2 Å². The number of unbranched alkanes of at least 4 members (excludes halogenated alkanes) is 2. The van der Waals surface area contributed by atoms with Crippen molar-refractivity contribution in [2.24, 2.45) is 0 Å². The van der Waals surface area contributed by atoms with Gasteiger partial charge in [-0.1, -0.05) is 50.1 Å². The lowest BCUT2D eigenvalue weighted by molar-refractivity contribution is -0.116. The van der Waals surface area contributed by atoms with Gasteiger partial charge >= 0.3 is 0 Å². The third kappa shape index (κ3) is 8.16. The van der Waals surface area contributed by atoms with E-state index in [1.807, 2.05) is 30.3 Å². The second-order valence-corrected chi connectivity index (χ2v) is 4.35. The third-order valence-electron chi connectivity index (χ3n) is 2.66. The molecule has 1 rings (SSSR count). The van der Waals surface area contributed by atoms with E-state index < -0.39 is 0 Å². The van der Waals surface area contributed by atoms with Crippen LogP contribution in [0.2, 0.25) is 0 Å². The van der Waals surface area contributed by atoms with Gasteiger partial charge < -0.3 is 10.1 Å². The van der Waals surface area contributed by atoms with Gasteiger partial charge in [-0.3, -0.25) is 4.79 Å². The Kier molecular flexibility index (Phi) is 8.39. The quantitative estimate of drug-likeness (QED) is 0.548. The molecule has 0 unspecified atom stereocenters. The molecule has 0 saturated heterocycles. The number of amides is 1. The largest absolute Gasteiger partial charge is 0.380 e. The molecule has 0 bridgehead atoms. The third-order valence-corrected chi connectivity index (χ3v) is 2.66. The molecule has 1 amide bonds. The van der Waals surface area contributed by atoms with Gasteiger partial charge in [-0.15, -0.1) is 0 Å². The van der Waals surface area contributed by atoms with Crippen molar-refractivity contribution in [3.05, 3.63) is 42.0 Å². The predicted molar refractivity (Wildman–Crippen MR) is 78.8 cm³/mol. The van der Waals surface area contributed by atoms with E-state index in [2.05, 4.69) is 12.2 Å². The van der Waals surface area contributed by atoms with E-state index in [0.29, 0.717) is 13.2 Å². The molecule has 3 heteroatoms. The Labute approximate surface area is 115 Å². The highest BCUT2D eigenvalue weighted by molar-refractivity contribution is 5.91. The van der Waals surface area contributed by atoms with Crippen molar-refractivity contribution >= 4 is 12.0 Å². The molecule has 0 heterocycles. The van der Waals surface area contributed by atoms with Crippen LogP contribution in [0.15, 0.2) is 36.4 Å². The van der Waals surface area contributed by atoms with Gasteiger partial charge in [0.2, 0.25) is 5.91 Å². The number of carbonyl (C=O) groups excluding carboxylic acids is 1. The molecule has 3 nitrogen and oxygen atoms in total. The van der Waals surface area contributed by atoms with E-state index in [9.17, 15) is 4.79 Å². The Morgan fingerprint density at radius 1 is 1.21 bits per heavy atom. The van der Waals surface area contributed by atoms with Crippen LogP contribution in [0.1, 0.15) is 31.7 Å². The van der Waals surface area contributed by atoms with E-state index >= 15 is 0 Å². The number of hydrogen-bond acceptors (Lipinski definition) is 2. The van der Waals surface area contributed by atoms with Crippen molar-refractivity contribution < 1.29 is 9.53 Å². The number of ether oxygens (including phenoxy) is 1. The van der Waals surface area contributed by atoms with Gasteiger partial charge in [0.25, 0.3) is 0 Å². The minimum absolute atomic E-state index is 0.0824. The molecular weight excluding hydrogens is 238 g/mol. The SMILES string of the molecule is CCCCCOCCNC(=O)C=Cc1ccccc1. The molecule has 1 aromatic carbocycles. The summed E-state index contributed by atoms with van der Waals surface area (Å²) in [6.07, 6.45) is 6.85. The van der Waals surface area contributed by atoms with E-state index in [-0.39, 0.29) is 5.91 Å². The fraction of sp³-hybridized carbons (Fsp3) is 0.438. The number of carbonyl (C=O) groups is 1. The molecule has 0 radical (unpaired) electrons. The minimum Gasteiger partial charge on any atom is -0.380 e. The van der Waals surface area contributed by atoms with Gasteiger partial charge in [-0.05, 0) is 18.1 Å². The second kappa shape index (κ2) is 10.3. The zero-order chi connectivity index (χ0) is 13.8. The van der Waals surface area contributed by atoms with Gasteiger partial charge in [0.1, 0.15) is 0 Å². The molecule has 1 aromatic rings. The second-order valence-electron chi connectivity index (χ2n) is 4.35. The highest BCUT2D eigenvalue weighted by Crippen LogP contribution is 2.00. The van der Waals surface area contributed by atoms with Crippen LogP contribution in [0.3, 0.4) is 0 Å². The maximum Gasteiger partial charge on any atom is 0.244 e. The van der Waals surface area contributed by atoms with Crippen LogP contribution in [0.25, 0.3) is 6.08 Å². The minimum atomic E-state index is -0.0824. The zero-order valence-corrected chi connectivity index (χ0v) is 11.6. The Bertz CT molecular complexity index is 374. The van der Waals surface area contributed by atoms with Crippen molar-refractivity contribution in [1.29, 1.82) is 0 Å². The summed E-state index contributed by atoms with van der Waals surface area (Å²) in [6.45, 7) is 4.08. The van der Waals surface area contributed by atoms with Crippen LogP contribution in [0.5, 0.6) is 0 Å². The standard InChI is InChI=1S/C16H23NO2/c1-2-3-7-13-19-14-12-17-16(18)11-10-15-8-5-4-6-9-15/h4-6,8-11H,2-3,7,12-14H2,1H3,(H,17,18). The van der Waals surface area contributed by atoms with Crippen molar-refractivity contribution in [3.8, 4) is 0 Å². The van der Waals surface area contributed by atoms with E-state index in [1.165, 1.54) is 12.8 Å². The van der Waals surface area contributed by atoms with Crippen molar-refractivity contribution in [2.45, 2.75) is 26.2 Å². The van der Waals surface area contributed by atoms with Crippen LogP contribution in [-0.4, -0.2) is 25.7 Å². The fourth-order valence-electron chi connectivity index (χ4n) is 1.60. The predicted octanol–water partition coefficient (Wildman–Crippen LogP) is 3.02. The topological polar surface area (TPSA) is 38.3 Å². The molecule has 0 spiro atoms. The lowest BCUT2D eigenvalue weighted by Crippen LogP contribution is -2.25. The molecule has 0 aliphatic heterocycles. The Morgan fingerprint density at radius 2 is 2.00 bits per heavy atom. The van der Waals surface area contributed by atoms with Crippen molar-refractivity contribution in [2.75, 3.05) is 19.8 Å². The van der Waals surface area contributed by atoms with Gasteiger partial charge in [-0.25, -0.2) is 0 Å². The summed E-state index contributed by atoms with van der Waals surface area (Å²) < 4.78 is 5.41. The van der Waals surface area contributed by atoms with Crippen LogP contribution in [0.4, 0.5) is 0 Å². The summed E-state index contributed by atoms with van der Waals surface area (Å²) in [5, 5.41) is 2.79. The van der Waals surface area contributed by atoms with Crippen LogP contribution >= 0.6 is 0 Å². The van der Waals surface area contributed by atoms with Gasteiger partial charge in [0, 0.05) is 19.2 Å². The van der Waals surface area contributed by atoms with E-state index in [4.69, 9.17) is 4.74 Å². The first kappa shape index (κ1) is 15.4. The molecule has 0 fully saturated rings. The zero-order valence-electron chi connectivity index (χ0n) is 11.6. The summed E-state index contributed by atoms with van der Waals surface area (Å²) in [4.78, 5) is 11.5. The molecule has 104 valence electrons. The molecule has 19 heavy (non-hydrogen) atoms. The summed E-state index contributed by atoms with van der Waals surface area (Å²) >= 11 is 0. The highest BCUT2D eigenvalue weighted by Gasteiger charge is 1.94. The molecule has 0 saturated carbocycles. The van der Waals surface area contributed by atoms with Gasteiger partial charge in [0.05, 0.1) is 6.61 Å². The number of hydrogen-bond donors (Lipinski definition) is 1. The summed E-state index contributed by atoms with van der Waals surface area (Å²) in [5.74, 6) is -0.0824. The average Bonchev–Trinajstić information content (AvgIpc) is 2.45. The molecular formula is C16H23NO2. The lowest BCUT2D eigenvalue weighted by atomic mass is 10.2. The maximum atomic E-state index is 11.5. The van der Waals surface area contributed by atoms with Crippen LogP contribution in [0, 0.1) is 0 Å². The van der Waals surface area contributed by atoms with E-state index in [0.717, 1.165) is 18.6 Å². The van der Waals surface area contributed by atoms with Crippen LogP contribution < -0.4 is 5.32 Å². The van der Waals surface area contributed by atoms with Crippen LogP contribution in [-0.2, 0) is 9.53 Å². The highest BCUT2D eigenvalue weighted by atomic mass is 16.5. The Hall–Kier alpha value is -1.61. The monoisotopic (exact) mass is 261 g/mol. The number of benzene rings is 1.